The van der Waals surface area contributed by atoms with Crippen LogP contribution in [-0.2, 0) is 19.2 Å². The number of carboxylic acids is 1. The molecule has 9 N–H and O–H groups in total. The molecule has 0 saturated heterocycles. The van der Waals surface area contributed by atoms with Gasteiger partial charge >= 0.3 is 5.97 Å². The van der Waals surface area contributed by atoms with E-state index in [1.54, 1.807) is 13.8 Å². The maximum atomic E-state index is 12.8. The Morgan fingerprint density at radius 1 is 0.968 bits per heavy atom. The minimum absolute atomic E-state index is 0.128. The zero-order valence-corrected chi connectivity index (χ0v) is 19.2. The molecular weight excluding hydrogens is 426 g/mol. The standard InChI is InChI=1S/C19H37N5O6S/c1-4-10(2)14(17(27)22-13(9-31)19(29)30)23-18(28)15(11(3)25)24-16(26)12(21)7-5-6-8-20/h10-15,25,31H,4-9,20-21H2,1-3H3,(H,22,27)(H,23,28)(H,24,26)(H,29,30). The third-order valence-electron chi connectivity index (χ3n) is 4.96. The van der Waals surface area contributed by atoms with Crippen molar-refractivity contribution in [3.8, 4) is 0 Å². The number of hydrogen-bond acceptors (Lipinski definition) is 8. The predicted octanol–water partition coefficient (Wildman–Crippen LogP) is -1.66. The molecule has 0 heterocycles. The molecule has 0 aromatic rings. The quantitative estimate of drug-likeness (QED) is 0.104. The van der Waals surface area contributed by atoms with E-state index in [2.05, 4.69) is 28.6 Å². The normalized spacial score (nSPS) is 16.9. The highest BCUT2D eigenvalue weighted by Gasteiger charge is 2.34. The van der Waals surface area contributed by atoms with Crippen LogP contribution < -0.4 is 27.4 Å². The Morgan fingerprint density at radius 3 is 1.97 bits per heavy atom. The molecule has 0 bridgehead atoms. The average molecular weight is 464 g/mol. The van der Waals surface area contributed by atoms with Crippen molar-refractivity contribution in [1.29, 1.82) is 0 Å². The third kappa shape index (κ3) is 10.3. The van der Waals surface area contributed by atoms with Gasteiger partial charge in [-0.1, -0.05) is 26.7 Å². The molecule has 0 aliphatic heterocycles. The number of carboxylic acid groups (broad SMARTS) is 1. The first-order valence-electron chi connectivity index (χ1n) is 10.4. The topological polar surface area (TPSA) is 197 Å². The molecule has 6 unspecified atom stereocenters. The first-order valence-corrected chi connectivity index (χ1v) is 11.0. The van der Waals surface area contributed by atoms with Gasteiger partial charge in [-0.25, -0.2) is 4.79 Å². The van der Waals surface area contributed by atoms with E-state index >= 15 is 0 Å². The number of amides is 3. The molecule has 180 valence electrons. The summed E-state index contributed by atoms with van der Waals surface area (Å²) >= 11 is 3.91. The average Bonchev–Trinajstić information content (AvgIpc) is 2.72. The van der Waals surface area contributed by atoms with Gasteiger partial charge in [0.2, 0.25) is 17.7 Å². The van der Waals surface area contributed by atoms with E-state index in [1.165, 1.54) is 6.92 Å². The highest BCUT2D eigenvalue weighted by Crippen LogP contribution is 2.10. The maximum Gasteiger partial charge on any atom is 0.327 e. The Labute approximate surface area is 188 Å². The number of unbranched alkanes of at least 4 members (excludes halogenated alkanes) is 1. The van der Waals surface area contributed by atoms with Crippen LogP contribution >= 0.6 is 12.6 Å². The molecular formula is C19H37N5O6S. The van der Waals surface area contributed by atoms with Gasteiger partial charge < -0.3 is 37.6 Å². The number of nitrogens with one attached hydrogen (secondary N) is 3. The van der Waals surface area contributed by atoms with Gasteiger partial charge in [0.25, 0.3) is 0 Å². The number of carbonyl (C=O) groups excluding carboxylic acids is 3. The van der Waals surface area contributed by atoms with Crippen molar-refractivity contribution in [1.82, 2.24) is 16.0 Å². The van der Waals surface area contributed by atoms with E-state index in [-0.39, 0.29) is 11.7 Å². The van der Waals surface area contributed by atoms with Crippen molar-refractivity contribution < 1.29 is 29.4 Å². The molecule has 0 spiro atoms. The van der Waals surface area contributed by atoms with Gasteiger partial charge in [-0.15, -0.1) is 0 Å². The number of nitrogens with two attached hydrogens (primary N) is 2. The van der Waals surface area contributed by atoms with Gasteiger partial charge in [-0.3, -0.25) is 14.4 Å². The van der Waals surface area contributed by atoms with Crippen LogP contribution in [0.1, 0.15) is 46.5 Å². The number of aliphatic hydroxyl groups excluding tert-OH is 1. The lowest BCUT2D eigenvalue weighted by molar-refractivity contribution is -0.142. The summed E-state index contributed by atoms with van der Waals surface area (Å²) in [6, 6.07) is -4.51. The number of thiol groups is 1. The van der Waals surface area contributed by atoms with E-state index in [0.29, 0.717) is 32.2 Å². The van der Waals surface area contributed by atoms with Crippen LogP contribution in [0.2, 0.25) is 0 Å². The summed E-state index contributed by atoms with van der Waals surface area (Å²) in [5.74, 6) is -3.81. The van der Waals surface area contributed by atoms with Crippen LogP contribution in [-0.4, -0.2) is 76.5 Å². The molecule has 31 heavy (non-hydrogen) atoms. The molecule has 0 rings (SSSR count). The van der Waals surface area contributed by atoms with Gasteiger partial charge in [0.05, 0.1) is 12.1 Å². The van der Waals surface area contributed by atoms with Crippen molar-refractivity contribution in [2.24, 2.45) is 17.4 Å². The summed E-state index contributed by atoms with van der Waals surface area (Å²) in [7, 11) is 0. The molecule has 0 aromatic carbocycles. The fraction of sp³-hybridized carbons (Fsp3) is 0.789. The Hall–Kier alpha value is -1.89. The van der Waals surface area contributed by atoms with E-state index in [9.17, 15) is 24.3 Å². The molecule has 3 amide bonds. The van der Waals surface area contributed by atoms with E-state index < -0.39 is 54.0 Å². The third-order valence-corrected chi connectivity index (χ3v) is 5.32. The number of rotatable bonds is 15. The monoisotopic (exact) mass is 463 g/mol. The zero-order valence-electron chi connectivity index (χ0n) is 18.3. The van der Waals surface area contributed by atoms with Crippen LogP contribution in [0.15, 0.2) is 0 Å². The molecule has 0 saturated carbocycles. The van der Waals surface area contributed by atoms with E-state index in [0.717, 1.165) is 0 Å². The fourth-order valence-corrected chi connectivity index (χ4v) is 2.94. The van der Waals surface area contributed by atoms with Crippen LogP contribution in [0.5, 0.6) is 0 Å². The Balaban J connectivity index is 5.29. The van der Waals surface area contributed by atoms with Crippen molar-refractivity contribution >= 4 is 36.3 Å². The van der Waals surface area contributed by atoms with Crippen LogP contribution in [0, 0.1) is 5.92 Å². The number of hydrogen-bond donors (Lipinski definition) is 8. The molecule has 6 atom stereocenters. The van der Waals surface area contributed by atoms with Crippen LogP contribution in [0.3, 0.4) is 0 Å². The Bertz CT molecular complexity index is 606. The molecule has 11 nitrogen and oxygen atoms in total. The lowest BCUT2D eigenvalue weighted by atomic mass is 9.97. The predicted molar refractivity (Wildman–Crippen MR) is 119 cm³/mol. The number of aliphatic hydroxyl groups is 1. The first kappa shape index (κ1) is 29.1. The summed E-state index contributed by atoms with van der Waals surface area (Å²) in [4.78, 5) is 48.9. The summed E-state index contributed by atoms with van der Waals surface area (Å²) < 4.78 is 0. The van der Waals surface area contributed by atoms with Crippen molar-refractivity contribution in [2.45, 2.75) is 76.7 Å². The second kappa shape index (κ2) is 15.0. The highest BCUT2D eigenvalue weighted by molar-refractivity contribution is 7.80. The molecule has 0 aliphatic carbocycles. The van der Waals surface area contributed by atoms with Crippen molar-refractivity contribution in [2.75, 3.05) is 12.3 Å². The van der Waals surface area contributed by atoms with E-state index in [1.807, 2.05) is 0 Å². The molecule has 12 heteroatoms. The largest absolute Gasteiger partial charge is 0.480 e. The van der Waals surface area contributed by atoms with Crippen LogP contribution in [0.25, 0.3) is 0 Å². The zero-order chi connectivity index (χ0) is 24.1. The second-order valence-corrected chi connectivity index (χ2v) is 7.94. The Morgan fingerprint density at radius 2 is 1.52 bits per heavy atom. The summed E-state index contributed by atoms with van der Waals surface area (Å²) in [6.45, 7) is 5.31. The Kier molecular flexibility index (Phi) is 14.1. The summed E-state index contributed by atoms with van der Waals surface area (Å²) in [5.41, 5.74) is 11.2. The van der Waals surface area contributed by atoms with Crippen molar-refractivity contribution in [3.05, 3.63) is 0 Å². The molecule has 0 fully saturated rings. The second-order valence-electron chi connectivity index (χ2n) is 7.57. The van der Waals surface area contributed by atoms with Gasteiger partial charge in [0.1, 0.15) is 18.1 Å². The highest BCUT2D eigenvalue weighted by atomic mass is 32.1. The van der Waals surface area contributed by atoms with Crippen molar-refractivity contribution in [3.63, 3.8) is 0 Å². The summed E-state index contributed by atoms with van der Waals surface area (Å²) in [5, 5.41) is 26.4. The fourth-order valence-electron chi connectivity index (χ4n) is 2.70. The first-order chi connectivity index (χ1) is 14.5. The molecule has 0 aliphatic rings. The molecule has 0 aromatic heterocycles. The SMILES string of the molecule is CCC(C)C(NC(=O)C(NC(=O)C(N)CCCCN)C(C)O)C(=O)NC(CS)C(=O)O. The lowest BCUT2D eigenvalue weighted by Gasteiger charge is -2.28. The van der Waals surface area contributed by atoms with Gasteiger partial charge in [0.15, 0.2) is 0 Å². The number of carbonyl (C=O) groups is 4. The van der Waals surface area contributed by atoms with E-state index in [4.69, 9.17) is 16.6 Å². The van der Waals surface area contributed by atoms with Gasteiger partial charge in [-0.05, 0) is 32.2 Å². The summed E-state index contributed by atoms with van der Waals surface area (Å²) in [6.07, 6.45) is 0.966. The van der Waals surface area contributed by atoms with Gasteiger partial charge in [-0.2, -0.15) is 12.6 Å². The van der Waals surface area contributed by atoms with Crippen LogP contribution in [0.4, 0.5) is 0 Å². The minimum Gasteiger partial charge on any atom is -0.480 e. The molecule has 0 radical (unpaired) electrons. The smallest absolute Gasteiger partial charge is 0.327 e. The lowest BCUT2D eigenvalue weighted by Crippen LogP contribution is -2.61. The number of aliphatic carboxylic acids is 1. The van der Waals surface area contributed by atoms with Gasteiger partial charge in [0, 0.05) is 5.75 Å². The minimum atomic E-state index is -1.34. The maximum absolute atomic E-state index is 12.8.